The Balaban J connectivity index is 1.62. The Hall–Kier alpha value is -1.83. The average molecular weight is 403 g/mol. The summed E-state index contributed by atoms with van der Waals surface area (Å²) in [6.07, 6.45) is 4.16. The maximum absolute atomic E-state index is 6.22. The van der Waals surface area contributed by atoms with Crippen LogP contribution in [0.15, 0.2) is 34.6 Å². The average Bonchev–Trinajstić information content (AvgIpc) is 3.39. The van der Waals surface area contributed by atoms with Crippen LogP contribution >= 0.6 is 23.4 Å². The number of imidazole rings is 1. The first-order chi connectivity index (χ1) is 13.0. The lowest BCUT2D eigenvalue weighted by Gasteiger charge is -2.14. The topological polar surface area (TPSA) is 81.7 Å². The van der Waals surface area contributed by atoms with Gasteiger partial charge in [-0.05, 0) is 56.4 Å². The molecular weight excluding hydrogens is 380 g/mol. The van der Waals surface area contributed by atoms with Crippen LogP contribution < -0.4 is 11.1 Å². The Kier molecular flexibility index (Phi) is 5.25. The Morgan fingerprint density at radius 3 is 2.89 bits per heavy atom. The van der Waals surface area contributed by atoms with E-state index in [0.717, 1.165) is 45.3 Å². The number of halogens is 1. The largest absolute Gasteiger partial charge is 0.382 e. The minimum absolute atomic E-state index is 0.405. The van der Waals surface area contributed by atoms with E-state index in [-0.39, 0.29) is 0 Å². The Labute approximate surface area is 167 Å². The van der Waals surface area contributed by atoms with Gasteiger partial charge in [-0.2, -0.15) is 0 Å². The van der Waals surface area contributed by atoms with Gasteiger partial charge in [0.25, 0.3) is 0 Å². The van der Waals surface area contributed by atoms with Crippen LogP contribution in [0, 0.1) is 12.8 Å². The molecule has 2 aromatic heterocycles. The number of rotatable bonds is 7. The zero-order chi connectivity index (χ0) is 19.0. The third-order valence-electron chi connectivity index (χ3n) is 4.88. The van der Waals surface area contributed by atoms with E-state index in [1.54, 1.807) is 11.8 Å². The van der Waals surface area contributed by atoms with Gasteiger partial charge in [0, 0.05) is 29.0 Å². The van der Waals surface area contributed by atoms with Crippen LogP contribution in [-0.4, -0.2) is 32.1 Å². The van der Waals surface area contributed by atoms with E-state index in [4.69, 9.17) is 22.3 Å². The first-order valence-electron chi connectivity index (χ1n) is 9.16. The highest BCUT2D eigenvalue weighted by molar-refractivity contribution is 7.99. The van der Waals surface area contributed by atoms with Crippen molar-refractivity contribution < 1.29 is 0 Å². The molecule has 6 nitrogen and oxygen atoms in total. The predicted octanol–water partition coefficient (Wildman–Crippen LogP) is 3.91. The number of aryl methyl sites for hydroxylation is 1. The van der Waals surface area contributed by atoms with E-state index in [1.165, 1.54) is 19.2 Å². The van der Waals surface area contributed by atoms with E-state index in [1.807, 2.05) is 19.1 Å². The SMILES string of the molecule is Cc1cc(Cl)cc(Sc2nc3c(N)ncnc3n2CCN[C@H](C)C2CC2)c1. The molecule has 0 radical (unpaired) electrons. The molecule has 0 aliphatic heterocycles. The standard InChI is InChI=1S/C19H23ClN6S/c1-11-7-14(20)9-15(8-11)27-19-25-16-17(21)23-10-24-18(16)26(19)6-5-22-12(2)13-3-4-13/h7-10,12-13,22H,3-6H2,1-2H3,(H2,21,23,24)/t12-/m1/s1. The van der Waals surface area contributed by atoms with Crippen LogP contribution in [0.4, 0.5) is 5.82 Å². The first-order valence-corrected chi connectivity index (χ1v) is 10.4. The molecule has 27 heavy (non-hydrogen) atoms. The van der Waals surface area contributed by atoms with Crippen molar-refractivity contribution in [2.75, 3.05) is 12.3 Å². The number of benzene rings is 1. The molecule has 3 N–H and O–H groups in total. The van der Waals surface area contributed by atoms with Crippen LogP contribution in [0.3, 0.4) is 0 Å². The summed E-state index contributed by atoms with van der Waals surface area (Å²) >= 11 is 7.79. The number of hydrogen-bond acceptors (Lipinski definition) is 6. The Morgan fingerprint density at radius 1 is 1.33 bits per heavy atom. The second-order valence-corrected chi connectivity index (χ2v) is 8.60. The number of hydrogen-bond donors (Lipinski definition) is 2. The minimum atomic E-state index is 0.405. The van der Waals surface area contributed by atoms with Crippen LogP contribution in [0.25, 0.3) is 11.2 Å². The molecule has 142 valence electrons. The van der Waals surface area contributed by atoms with Crippen LogP contribution in [0.5, 0.6) is 0 Å². The highest BCUT2D eigenvalue weighted by Crippen LogP contribution is 2.33. The number of nitrogens with one attached hydrogen (secondary N) is 1. The van der Waals surface area contributed by atoms with Crippen molar-refractivity contribution in [1.29, 1.82) is 0 Å². The maximum atomic E-state index is 6.22. The number of nitrogen functional groups attached to an aromatic ring is 1. The molecule has 1 aliphatic rings. The molecule has 1 fully saturated rings. The van der Waals surface area contributed by atoms with Gasteiger partial charge < -0.3 is 15.6 Å². The summed E-state index contributed by atoms with van der Waals surface area (Å²) in [6, 6.07) is 6.54. The van der Waals surface area contributed by atoms with Gasteiger partial charge in [0.1, 0.15) is 6.33 Å². The second-order valence-electron chi connectivity index (χ2n) is 7.12. The summed E-state index contributed by atoms with van der Waals surface area (Å²) < 4.78 is 2.11. The van der Waals surface area contributed by atoms with Crippen molar-refractivity contribution in [3.8, 4) is 0 Å². The van der Waals surface area contributed by atoms with Gasteiger partial charge in [-0.15, -0.1) is 0 Å². The van der Waals surface area contributed by atoms with E-state index in [9.17, 15) is 0 Å². The van der Waals surface area contributed by atoms with Crippen LogP contribution in [0.1, 0.15) is 25.3 Å². The highest BCUT2D eigenvalue weighted by Gasteiger charge is 2.27. The molecule has 0 spiro atoms. The molecule has 1 aromatic carbocycles. The molecular formula is C19H23ClN6S. The fraction of sp³-hybridized carbons (Fsp3) is 0.421. The number of aromatic nitrogens is 4. The maximum Gasteiger partial charge on any atom is 0.175 e. The monoisotopic (exact) mass is 402 g/mol. The smallest absolute Gasteiger partial charge is 0.175 e. The zero-order valence-corrected chi connectivity index (χ0v) is 17.0. The van der Waals surface area contributed by atoms with Crippen LogP contribution in [-0.2, 0) is 6.54 Å². The van der Waals surface area contributed by atoms with Gasteiger partial charge in [-0.3, -0.25) is 0 Å². The van der Waals surface area contributed by atoms with Crippen molar-refractivity contribution in [3.05, 3.63) is 35.1 Å². The number of nitrogens with two attached hydrogens (primary N) is 1. The van der Waals surface area contributed by atoms with Crippen LogP contribution in [0.2, 0.25) is 5.02 Å². The highest BCUT2D eigenvalue weighted by atomic mass is 35.5. The van der Waals surface area contributed by atoms with E-state index in [0.29, 0.717) is 17.4 Å². The van der Waals surface area contributed by atoms with Crippen molar-refractivity contribution in [3.63, 3.8) is 0 Å². The number of nitrogens with zero attached hydrogens (tertiary/aromatic N) is 4. The molecule has 4 rings (SSSR count). The van der Waals surface area contributed by atoms with Crippen molar-refractivity contribution in [2.45, 2.75) is 49.3 Å². The van der Waals surface area contributed by atoms with Crippen molar-refractivity contribution in [2.24, 2.45) is 5.92 Å². The molecule has 1 aliphatic carbocycles. The minimum Gasteiger partial charge on any atom is -0.382 e. The molecule has 0 unspecified atom stereocenters. The first kappa shape index (κ1) is 18.5. The molecule has 0 saturated heterocycles. The number of anilines is 1. The Bertz CT molecular complexity index is 948. The summed E-state index contributed by atoms with van der Waals surface area (Å²) in [5.74, 6) is 1.23. The molecule has 3 aromatic rings. The zero-order valence-electron chi connectivity index (χ0n) is 15.4. The molecule has 0 amide bonds. The lowest BCUT2D eigenvalue weighted by atomic mass is 10.2. The lowest BCUT2D eigenvalue weighted by molar-refractivity contribution is 0.469. The Morgan fingerprint density at radius 2 is 2.15 bits per heavy atom. The van der Waals surface area contributed by atoms with Gasteiger partial charge in [-0.1, -0.05) is 23.4 Å². The normalized spacial score (nSPS) is 15.4. The molecule has 1 saturated carbocycles. The third-order valence-corrected chi connectivity index (χ3v) is 6.06. The van der Waals surface area contributed by atoms with Gasteiger partial charge >= 0.3 is 0 Å². The molecule has 8 heteroatoms. The second kappa shape index (κ2) is 7.66. The van der Waals surface area contributed by atoms with Gasteiger partial charge in [-0.25, -0.2) is 15.0 Å². The summed E-state index contributed by atoms with van der Waals surface area (Å²) in [5, 5.41) is 5.19. The predicted molar refractivity (Wildman–Crippen MR) is 110 cm³/mol. The van der Waals surface area contributed by atoms with Gasteiger partial charge in [0.05, 0.1) is 0 Å². The fourth-order valence-corrected chi connectivity index (χ4v) is 4.67. The third kappa shape index (κ3) is 4.20. The summed E-state index contributed by atoms with van der Waals surface area (Å²) in [4.78, 5) is 14.3. The molecule has 1 atom stereocenters. The van der Waals surface area contributed by atoms with Crippen molar-refractivity contribution >= 4 is 40.3 Å². The van der Waals surface area contributed by atoms with Gasteiger partial charge in [0.15, 0.2) is 22.1 Å². The van der Waals surface area contributed by atoms with E-state index in [2.05, 4.69) is 32.8 Å². The fourth-order valence-electron chi connectivity index (χ4n) is 3.25. The lowest BCUT2D eigenvalue weighted by Crippen LogP contribution is -2.31. The summed E-state index contributed by atoms with van der Waals surface area (Å²) in [6.45, 7) is 5.92. The number of fused-ring (bicyclic) bond motifs is 1. The quantitative estimate of drug-likeness (QED) is 0.623. The molecule has 0 bridgehead atoms. The molecule has 2 heterocycles. The van der Waals surface area contributed by atoms with Crippen molar-refractivity contribution in [1.82, 2.24) is 24.8 Å². The summed E-state index contributed by atoms with van der Waals surface area (Å²) in [7, 11) is 0. The summed E-state index contributed by atoms with van der Waals surface area (Å²) in [5.41, 5.74) is 8.56. The van der Waals surface area contributed by atoms with Gasteiger partial charge in [0.2, 0.25) is 0 Å². The van der Waals surface area contributed by atoms with E-state index >= 15 is 0 Å². The van der Waals surface area contributed by atoms with E-state index < -0.39 is 0 Å².